The van der Waals surface area contributed by atoms with Crippen LogP contribution in [0.25, 0.3) is 11.3 Å². The van der Waals surface area contributed by atoms with Crippen LogP contribution in [0.15, 0.2) is 59.1 Å². The number of carboxylic acid groups (broad SMARTS) is 1. The highest BCUT2D eigenvalue weighted by molar-refractivity contribution is 5.86. The van der Waals surface area contributed by atoms with Crippen LogP contribution in [0.1, 0.15) is 16.1 Å². The van der Waals surface area contributed by atoms with Gasteiger partial charge in [-0.2, -0.15) is 0 Å². The van der Waals surface area contributed by atoms with E-state index in [1.54, 1.807) is 25.3 Å². The van der Waals surface area contributed by atoms with Crippen LogP contribution in [0.4, 0.5) is 0 Å². The van der Waals surface area contributed by atoms with Crippen LogP contribution in [0.5, 0.6) is 11.5 Å². The molecule has 0 aliphatic heterocycles. The molecule has 1 heterocycles. The lowest BCUT2D eigenvalue weighted by atomic mass is 10.1. The minimum Gasteiger partial charge on any atom is -0.493 e. The fraction of sp³-hybridized carbons (Fsp3) is 0.111. The van der Waals surface area contributed by atoms with Crippen molar-refractivity contribution < 1.29 is 23.9 Å². The highest BCUT2D eigenvalue weighted by Crippen LogP contribution is 2.38. The molecule has 0 bridgehead atoms. The number of carboxylic acids is 1. The van der Waals surface area contributed by atoms with Gasteiger partial charge in [0.05, 0.1) is 7.11 Å². The van der Waals surface area contributed by atoms with Gasteiger partial charge >= 0.3 is 5.97 Å². The third-order valence-corrected chi connectivity index (χ3v) is 3.42. The summed E-state index contributed by atoms with van der Waals surface area (Å²) in [5.41, 5.74) is 1.97. The number of nitrogens with zero attached hydrogens (tertiary/aromatic N) is 1. The standard InChI is InChI=1S/C18H15NO5/c1-22-15-9-5-8-13(14-10-16(18(20)21)24-19-14)17(15)23-11-12-6-3-2-4-7-12/h2-10H,11H2,1H3,(H,20,21). The first-order chi connectivity index (χ1) is 11.7. The summed E-state index contributed by atoms with van der Waals surface area (Å²) in [6.45, 7) is 0.345. The van der Waals surface area contributed by atoms with Crippen molar-refractivity contribution in [1.82, 2.24) is 5.16 Å². The second-order valence-corrected chi connectivity index (χ2v) is 4.99. The summed E-state index contributed by atoms with van der Waals surface area (Å²) in [5, 5.41) is 12.8. The quantitative estimate of drug-likeness (QED) is 0.745. The fourth-order valence-electron chi connectivity index (χ4n) is 2.26. The fourth-order valence-corrected chi connectivity index (χ4v) is 2.26. The van der Waals surface area contributed by atoms with Crippen molar-refractivity contribution >= 4 is 5.97 Å². The maximum Gasteiger partial charge on any atom is 0.374 e. The van der Waals surface area contributed by atoms with Gasteiger partial charge in [0, 0.05) is 11.6 Å². The van der Waals surface area contributed by atoms with Crippen LogP contribution in [0.3, 0.4) is 0 Å². The minimum absolute atomic E-state index is 0.234. The summed E-state index contributed by atoms with van der Waals surface area (Å²) in [5.74, 6) is -0.400. The Morgan fingerprint density at radius 3 is 2.62 bits per heavy atom. The number of aromatic carboxylic acids is 1. The lowest BCUT2D eigenvalue weighted by Crippen LogP contribution is -1.99. The molecule has 0 saturated carbocycles. The molecule has 0 aliphatic rings. The lowest BCUT2D eigenvalue weighted by Gasteiger charge is -2.14. The van der Waals surface area contributed by atoms with Gasteiger partial charge in [-0.15, -0.1) is 0 Å². The molecule has 0 atom stereocenters. The number of rotatable bonds is 6. The largest absolute Gasteiger partial charge is 0.493 e. The number of para-hydroxylation sites is 1. The molecule has 6 heteroatoms. The monoisotopic (exact) mass is 325 g/mol. The zero-order valence-corrected chi connectivity index (χ0v) is 12.9. The Morgan fingerprint density at radius 2 is 1.96 bits per heavy atom. The summed E-state index contributed by atoms with van der Waals surface area (Å²) < 4.78 is 16.1. The van der Waals surface area contributed by atoms with E-state index in [1.165, 1.54) is 6.07 Å². The van der Waals surface area contributed by atoms with Gasteiger partial charge in [-0.1, -0.05) is 41.6 Å². The topological polar surface area (TPSA) is 81.8 Å². The van der Waals surface area contributed by atoms with E-state index in [4.69, 9.17) is 19.1 Å². The molecule has 122 valence electrons. The van der Waals surface area contributed by atoms with Gasteiger partial charge in [-0.25, -0.2) is 4.79 Å². The molecule has 3 rings (SSSR count). The van der Waals surface area contributed by atoms with E-state index in [1.807, 2.05) is 30.3 Å². The average Bonchev–Trinajstić information content (AvgIpc) is 3.10. The molecule has 6 nitrogen and oxygen atoms in total. The number of methoxy groups -OCH3 is 1. The molecule has 0 radical (unpaired) electrons. The van der Waals surface area contributed by atoms with Gasteiger partial charge in [0.15, 0.2) is 11.5 Å². The smallest absolute Gasteiger partial charge is 0.374 e. The summed E-state index contributed by atoms with van der Waals surface area (Å²) in [4.78, 5) is 11.0. The van der Waals surface area contributed by atoms with Crippen LogP contribution in [0.2, 0.25) is 0 Å². The first-order valence-electron chi connectivity index (χ1n) is 7.23. The number of benzene rings is 2. The molecule has 0 aliphatic carbocycles. The van der Waals surface area contributed by atoms with Crippen LogP contribution >= 0.6 is 0 Å². The number of ether oxygens (including phenoxy) is 2. The van der Waals surface area contributed by atoms with E-state index in [9.17, 15) is 4.79 Å². The van der Waals surface area contributed by atoms with Crippen LogP contribution < -0.4 is 9.47 Å². The average molecular weight is 325 g/mol. The Kier molecular flexibility index (Phi) is 4.47. The van der Waals surface area contributed by atoms with Crippen LogP contribution in [-0.2, 0) is 6.61 Å². The van der Waals surface area contributed by atoms with E-state index in [0.29, 0.717) is 29.4 Å². The molecule has 1 aromatic heterocycles. The predicted octanol–water partition coefficient (Wildman–Crippen LogP) is 3.63. The Hall–Kier alpha value is -3.28. The van der Waals surface area contributed by atoms with E-state index in [2.05, 4.69) is 5.16 Å². The first kappa shape index (κ1) is 15.6. The van der Waals surface area contributed by atoms with Crippen molar-refractivity contribution in [2.24, 2.45) is 0 Å². The lowest BCUT2D eigenvalue weighted by molar-refractivity contribution is 0.0652. The maximum atomic E-state index is 11.0. The zero-order valence-electron chi connectivity index (χ0n) is 12.9. The molecule has 0 amide bonds. The Labute approximate surface area is 138 Å². The Morgan fingerprint density at radius 1 is 1.17 bits per heavy atom. The van der Waals surface area contributed by atoms with Gasteiger partial charge in [0.2, 0.25) is 5.76 Å². The molecule has 3 aromatic rings. The zero-order chi connectivity index (χ0) is 16.9. The molecular weight excluding hydrogens is 310 g/mol. The van der Waals surface area contributed by atoms with Crippen molar-refractivity contribution in [2.75, 3.05) is 7.11 Å². The number of hydrogen-bond donors (Lipinski definition) is 1. The molecule has 2 aromatic carbocycles. The van der Waals surface area contributed by atoms with E-state index >= 15 is 0 Å². The van der Waals surface area contributed by atoms with Crippen LogP contribution in [-0.4, -0.2) is 23.3 Å². The number of hydrogen-bond acceptors (Lipinski definition) is 5. The third-order valence-electron chi connectivity index (χ3n) is 3.42. The second-order valence-electron chi connectivity index (χ2n) is 4.99. The molecule has 0 fully saturated rings. The number of aromatic nitrogens is 1. The highest BCUT2D eigenvalue weighted by atomic mass is 16.5. The SMILES string of the molecule is COc1cccc(-c2cc(C(=O)O)on2)c1OCc1ccccc1. The second kappa shape index (κ2) is 6.87. The van der Waals surface area contributed by atoms with Crippen molar-refractivity contribution in [3.05, 3.63) is 65.9 Å². The predicted molar refractivity (Wildman–Crippen MR) is 86.2 cm³/mol. The van der Waals surface area contributed by atoms with E-state index in [-0.39, 0.29) is 5.76 Å². The van der Waals surface area contributed by atoms with Crippen molar-refractivity contribution in [3.63, 3.8) is 0 Å². The van der Waals surface area contributed by atoms with Crippen molar-refractivity contribution in [3.8, 4) is 22.8 Å². The summed E-state index contributed by atoms with van der Waals surface area (Å²) in [6.07, 6.45) is 0. The highest BCUT2D eigenvalue weighted by Gasteiger charge is 2.18. The Bertz CT molecular complexity index is 842. The maximum absolute atomic E-state index is 11.0. The van der Waals surface area contributed by atoms with Gasteiger partial charge in [-0.3, -0.25) is 0 Å². The third kappa shape index (κ3) is 3.22. The van der Waals surface area contributed by atoms with Crippen LogP contribution in [0, 0.1) is 0 Å². The molecule has 24 heavy (non-hydrogen) atoms. The van der Waals surface area contributed by atoms with Gasteiger partial charge in [-0.05, 0) is 17.7 Å². The van der Waals surface area contributed by atoms with E-state index in [0.717, 1.165) is 5.56 Å². The van der Waals surface area contributed by atoms with Gasteiger partial charge in [0.25, 0.3) is 0 Å². The summed E-state index contributed by atoms with van der Waals surface area (Å²) >= 11 is 0. The minimum atomic E-state index is -1.18. The van der Waals surface area contributed by atoms with Crippen molar-refractivity contribution in [1.29, 1.82) is 0 Å². The normalized spacial score (nSPS) is 10.4. The van der Waals surface area contributed by atoms with Gasteiger partial charge < -0.3 is 19.1 Å². The molecule has 0 saturated heterocycles. The summed E-state index contributed by atoms with van der Waals surface area (Å²) in [6, 6.07) is 16.4. The molecule has 0 spiro atoms. The number of carbonyl (C=O) groups is 1. The van der Waals surface area contributed by atoms with Crippen molar-refractivity contribution in [2.45, 2.75) is 6.61 Å². The van der Waals surface area contributed by atoms with Gasteiger partial charge in [0.1, 0.15) is 12.3 Å². The van der Waals surface area contributed by atoms with E-state index < -0.39 is 5.97 Å². The Balaban J connectivity index is 1.95. The molecular formula is C18H15NO5. The summed E-state index contributed by atoms with van der Waals surface area (Å²) in [7, 11) is 1.54. The first-order valence-corrected chi connectivity index (χ1v) is 7.23. The molecule has 0 unspecified atom stereocenters. The molecule has 1 N–H and O–H groups in total.